The highest BCUT2D eigenvalue weighted by Crippen LogP contribution is 2.39. The largest absolute Gasteiger partial charge is 0.417 e. The number of halogens is 3. The average Bonchev–Trinajstić information content (AvgIpc) is 3.44. The van der Waals surface area contributed by atoms with Crippen molar-refractivity contribution in [3.05, 3.63) is 72.7 Å². The molecule has 5 rings (SSSR count). The van der Waals surface area contributed by atoms with Gasteiger partial charge in [0.15, 0.2) is 5.82 Å². The van der Waals surface area contributed by atoms with Crippen LogP contribution in [0.25, 0.3) is 33.5 Å². The summed E-state index contributed by atoms with van der Waals surface area (Å²) in [6.07, 6.45) is -0.0208. The Labute approximate surface area is 173 Å². The van der Waals surface area contributed by atoms with Crippen molar-refractivity contribution in [1.82, 2.24) is 30.1 Å². The van der Waals surface area contributed by atoms with Crippen molar-refractivity contribution in [3.63, 3.8) is 0 Å². The van der Waals surface area contributed by atoms with Crippen molar-refractivity contribution in [2.75, 3.05) is 5.32 Å². The van der Waals surface area contributed by atoms with Crippen LogP contribution in [0, 0.1) is 0 Å². The van der Waals surface area contributed by atoms with Crippen molar-refractivity contribution < 1.29 is 13.2 Å². The number of anilines is 2. The molecule has 0 unspecified atom stereocenters. The number of nitrogens with zero attached hydrogens (tertiary/aromatic N) is 4. The van der Waals surface area contributed by atoms with Crippen molar-refractivity contribution in [2.45, 2.75) is 6.18 Å². The lowest BCUT2D eigenvalue weighted by molar-refractivity contribution is -0.137. The molecule has 3 N–H and O–H groups in total. The second kappa shape index (κ2) is 7.24. The zero-order valence-corrected chi connectivity index (χ0v) is 15.8. The average molecular weight is 421 g/mol. The summed E-state index contributed by atoms with van der Waals surface area (Å²) < 4.78 is 41.1. The maximum Gasteiger partial charge on any atom is 0.417 e. The molecule has 3 aromatic heterocycles. The van der Waals surface area contributed by atoms with Crippen LogP contribution >= 0.6 is 0 Å². The third-order valence-corrected chi connectivity index (χ3v) is 4.73. The van der Waals surface area contributed by atoms with E-state index in [2.05, 4.69) is 35.5 Å². The summed E-state index contributed by atoms with van der Waals surface area (Å²) in [7, 11) is 0. The third-order valence-electron chi connectivity index (χ3n) is 4.73. The van der Waals surface area contributed by atoms with E-state index in [9.17, 15) is 13.2 Å². The minimum Gasteiger partial charge on any atom is -0.345 e. The van der Waals surface area contributed by atoms with Crippen LogP contribution in [0.4, 0.5) is 24.9 Å². The number of aromatic amines is 2. The van der Waals surface area contributed by atoms with E-state index in [1.165, 1.54) is 30.6 Å². The van der Waals surface area contributed by atoms with Gasteiger partial charge in [0.25, 0.3) is 0 Å². The van der Waals surface area contributed by atoms with Crippen molar-refractivity contribution in [3.8, 4) is 22.6 Å². The zero-order chi connectivity index (χ0) is 21.4. The fraction of sp³-hybridized carbons (Fsp3) is 0.0476. The molecule has 31 heavy (non-hydrogen) atoms. The molecule has 0 amide bonds. The molecule has 0 spiro atoms. The van der Waals surface area contributed by atoms with Gasteiger partial charge in [-0.1, -0.05) is 30.3 Å². The van der Waals surface area contributed by atoms with E-state index >= 15 is 0 Å². The van der Waals surface area contributed by atoms with Gasteiger partial charge < -0.3 is 10.3 Å². The maximum absolute atomic E-state index is 13.7. The van der Waals surface area contributed by atoms with Gasteiger partial charge in [-0.15, -0.1) is 0 Å². The first-order chi connectivity index (χ1) is 15.0. The number of hydrogen-bond acceptors (Lipinski definition) is 5. The highest BCUT2D eigenvalue weighted by Gasteiger charge is 2.34. The SMILES string of the molecule is FC(F)(F)c1ccccc1-c1nc(Nc2n[nH]c3ccccc23)ncc1-c1ncc[nH]1. The molecule has 0 radical (unpaired) electrons. The minimum atomic E-state index is -4.55. The molecule has 0 atom stereocenters. The van der Waals surface area contributed by atoms with Crippen LogP contribution in [-0.4, -0.2) is 30.1 Å². The van der Waals surface area contributed by atoms with E-state index in [4.69, 9.17) is 0 Å². The third kappa shape index (κ3) is 3.48. The van der Waals surface area contributed by atoms with Gasteiger partial charge in [0, 0.05) is 29.5 Å². The van der Waals surface area contributed by atoms with Crippen LogP contribution in [0.3, 0.4) is 0 Å². The number of alkyl halides is 3. The summed E-state index contributed by atoms with van der Waals surface area (Å²) in [5.74, 6) is 0.944. The Morgan fingerprint density at radius 1 is 0.903 bits per heavy atom. The van der Waals surface area contributed by atoms with Gasteiger partial charge in [-0.2, -0.15) is 18.3 Å². The quantitative estimate of drug-likeness (QED) is 0.372. The molecular weight excluding hydrogens is 407 g/mol. The van der Waals surface area contributed by atoms with Gasteiger partial charge in [-0.3, -0.25) is 5.10 Å². The van der Waals surface area contributed by atoms with Crippen LogP contribution in [0.15, 0.2) is 67.1 Å². The molecule has 0 saturated carbocycles. The molecule has 0 saturated heterocycles. The number of imidazole rings is 1. The highest BCUT2D eigenvalue weighted by molar-refractivity contribution is 5.91. The summed E-state index contributed by atoms with van der Waals surface area (Å²) in [5, 5.41) is 10.9. The number of rotatable bonds is 4. The second-order valence-electron chi connectivity index (χ2n) is 6.68. The monoisotopic (exact) mass is 421 g/mol. The van der Waals surface area contributed by atoms with E-state index < -0.39 is 11.7 Å². The number of nitrogens with one attached hydrogen (secondary N) is 3. The molecule has 0 bridgehead atoms. The standard InChI is InChI=1S/C21H14F3N7/c22-21(23,24)15-7-3-1-5-12(15)17-14(18-25-9-10-26-18)11-27-20(28-17)29-19-13-6-2-4-8-16(13)30-31-19/h1-11H,(H,25,26)(H2,27,28,29,30,31). The van der Waals surface area contributed by atoms with Gasteiger partial charge in [0.05, 0.1) is 22.3 Å². The van der Waals surface area contributed by atoms with E-state index in [0.717, 1.165) is 17.0 Å². The fourth-order valence-electron chi connectivity index (χ4n) is 3.33. The maximum atomic E-state index is 13.7. The molecule has 0 aliphatic heterocycles. The Hall–Kier alpha value is -4.21. The van der Waals surface area contributed by atoms with Gasteiger partial charge in [-0.25, -0.2) is 15.0 Å². The fourth-order valence-corrected chi connectivity index (χ4v) is 3.33. The predicted molar refractivity (Wildman–Crippen MR) is 109 cm³/mol. The summed E-state index contributed by atoms with van der Waals surface area (Å²) in [6.45, 7) is 0. The van der Waals surface area contributed by atoms with Crippen LogP contribution in [0.5, 0.6) is 0 Å². The smallest absolute Gasteiger partial charge is 0.345 e. The lowest BCUT2D eigenvalue weighted by atomic mass is 10.0. The summed E-state index contributed by atoms with van der Waals surface area (Å²) in [6, 6.07) is 12.7. The van der Waals surface area contributed by atoms with Gasteiger partial charge in [0.2, 0.25) is 5.95 Å². The Morgan fingerprint density at radius 3 is 2.52 bits per heavy atom. The summed E-state index contributed by atoms with van der Waals surface area (Å²) >= 11 is 0. The molecule has 0 aliphatic carbocycles. The van der Waals surface area contributed by atoms with Gasteiger partial charge in [0.1, 0.15) is 5.82 Å². The molecule has 0 aliphatic rings. The molecule has 154 valence electrons. The summed E-state index contributed by atoms with van der Waals surface area (Å²) in [4.78, 5) is 15.8. The van der Waals surface area contributed by atoms with Crippen LogP contribution < -0.4 is 5.32 Å². The van der Waals surface area contributed by atoms with Crippen molar-refractivity contribution in [2.24, 2.45) is 0 Å². The number of para-hydroxylation sites is 1. The van der Waals surface area contributed by atoms with Crippen LogP contribution in [-0.2, 0) is 6.18 Å². The highest BCUT2D eigenvalue weighted by atomic mass is 19.4. The molecule has 0 fully saturated rings. The Bertz CT molecular complexity index is 1360. The number of benzene rings is 2. The van der Waals surface area contributed by atoms with E-state index in [0.29, 0.717) is 17.2 Å². The second-order valence-corrected chi connectivity index (χ2v) is 6.68. The van der Waals surface area contributed by atoms with Crippen LogP contribution in [0.1, 0.15) is 5.56 Å². The number of hydrogen-bond donors (Lipinski definition) is 3. The first kappa shape index (κ1) is 18.8. The Kier molecular flexibility index (Phi) is 4.39. The molecule has 10 heteroatoms. The van der Waals surface area contributed by atoms with E-state index in [-0.39, 0.29) is 17.2 Å². The molecule has 5 aromatic rings. The van der Waals surface area contributed by atoms with E-state index in [1.54, 1.807) is 6.20 Å². The molecule has 7 nitrogen and oxygen atoms in total. The molecule has 3 heterocycles. The lowest BCUT2D eigenvalue weighted by Gasteiger charge is -2.15. The number of aromatic nitrogens is 6. The van der Waals surface area contributed by atoms with Crippen LogP contribution in [0.2, 0.25) is 0 Å². The van der Waals surface area contributed by atoms with Crippen molar-refractivity contribution >= 4 is 22.7 Å². The number of H-pyrrole nitrogens is 2. The van der Waals surface area contributed by atoms with Gasteiger partial charge >= 0.3 is 6.18 Å². The Balaban J connectivity index is 1.66. The van der Waals surface area contributed by atoms with Gasteiger partial charge in [-0.05, 0) is 18.2 Å². The normalized spacial score (nSPS) is 11.7. The molecular formula is C21H14F3N7. The zero-order valence-electron chi connectivity index (χ0n) is 15.8. The number of fused-ring (bicyclic) bond motifs is 1. The first-order valence-corrected chi connectivity index (χ1v) is 9.24. The topological polar surface area (TPSA) is 95.2 Å². The van der Waals surface area contributed by atoms with E-state index in [1.807, 2.05) is 24.3 Å². The Morgan fingerprint density at radius 2 is 1.71 bits per heavy atom. The first-order valence-electron chi connectivity index (χ1n) is 9.24. The summed E-state index contributed by atoms with van der Waals surface area (Å²) in [5.41, 5.74) is 0.385. The molecule has 2 aromatic carbocycles. The predicted octanol–water partition coefficient (Wildman–Crippen LogP) is 5.17. The lowest BCUT2D eigenvalue weighted by Crippen LogP contribution is -2.09. The minimum absolute atomic E-state index is 0.0706. The van der Waals surface area contributed by atoms with Crippen molar-refractivity contribution in [1.29, 1.82) is 0 Å².